The normalized spacial score (nSPS) is 14.0. The maximum absolute atomic E-state index is 5.93. The Labute approximate surface area is 130 Å². The minimum Gasteiger partial charge on any atom is -0.496 e. The van der Waals surface area contributed by atoms with Crippen LogP contribution in [-0.2, 0) is 11.3 Å². The van der Waals surface area contributed by atoms with E-state index < -0.39 is 0 Å². The molecule has 1 rings (SSSR count). The first-order chi connectivity index (χ1) is 10.1. The molecule has 0 amide bonds. The van der Waals surface area contributed by atoms with E-state index in [4.69, 9.17) is 9.47 Å². The molecule has 1 N–H and O–H groups in total. The number of hydrogen-bond acceptors (Lipinski definition) is 3. The molecule has 21 heavy (non-hydrogen) atoms. The summed E-state index contributed by atoms with van der Waals surface area (Å²) >= 11 is 0. The molecule has 0 aromatic heterocycles. The summed E-state index contributed by atoms with van der Waals surface area (Å²) in [5.41, 5.74) is 2.41. The highest BCUT2D eigenvalue weighted by molar-refractivity contribution is 5.38. The van der Waals surface area contributed by atoms with E-state index in [2.05, 4.69) is 45.1 Å². The van der Waals surface area contributed by atoms with Crippen LogP contribution in [0.5, 0.6) is 5.75 Å². The molecule has 0 aliphatic heterocycles. The van der Waals surface area contributed by atoms with Crippen molar-refractivity contribution in [2.75, 3.05) is 13.7 Å². The number of ether oxygens (including phenoxy) is 2. The molecule has 120 valence electrons. The van der Waals surface area contributed by atoms with E-state index in [1.54, 1.807) is 7.11 Å². The van der Waals surface area contributed by atoms with Gasteiger partial charge in [-0.15, -0.1) is 0 Å². The van der Waals surface area contributed by atoms with Crippen LogP contribution in [-0.4, -0.2) is 19.8 Å². The molecular weight excluding hydrogens is 262 g/mol. The Balaban J connectivity index is 2.75. The van der Waals surface area contributed by atoms with Crippen LogP contribution in [0.3, 0.4) is 0 Å². The van der Waals surface area contributed by atoms with Crippen LogP contribution in [0.15, 0.2) is 18.2 Å². The summed E-state index contributed by atoms with van der Waals surface area (Å²) in [6.45, 7) is 10.3. The lowest BCUT2D eigenvalue weighted by molar-refractivity contribution is 0.0460. The number of benzene rings is 1. The average Bonchev–Trinajstić information content (AvgIpc) is 2.50. The zero-order valence-electron chi connectivity index (χ0n) is 14.2. The third kappa shape index (κ3) is 6.06. The number of hydrogen-bond donors (Lipinski definition) is 1. The summed E-state index contributed by atoms with van der Waals surface area (Å²) in [5.74, 6) is 0.908. The zero-order valence-corrected chi connectivity index (χ0v) is 14.2. The van der Waals surface area contributed by atoms with Gasteiger partial charge in [0.1, 0.15) is 5.75 Å². The number of nitrogens with one attached hydrogen (secondary N) is 1. The van der Waals surface area contributed by atoms with Gasteiger partial charge in [0, 0.05) is 11.6 Å². The first-order valence-corrected chi connectivity index (χ1v) is 8.14. The van der Waals surface area contributed by atoms with Gasteiger partial charge in [-0.2, -0.15) is 0 Å². The van der Waals surface area contributed by atoms with Crippen molar-refractivity contribution in [1.82, 2.24) is 5.32 Å². The smallest absolute Gasteiger partial charge is 0.124 e. The van der Waals surface area contributed by atoms with E-state index >= 15 is 0 Å². The minimum absolute atomic E-state index is 0.291. The second kappa shape index (κ2) is 9.80. The number of rotatable bonds is 10. The topological polar surface area (TPSA) is 30.5 Å². The average molecular weight is 293 g/mol. The fourth-order valence-corrected chi connectivity index (χ4v) is 2.38. The summed E-state index contributed by atoms with van der Waals surface area (Å²) in [6.07, 6.45) is 3.68. The molecule has 1 aromatic rings. The second-order valence-corrected chi connectivity index (χ2v) is 5.66. The standard InChI is InChI=1S/C18H31NO2/c1-6-8-14(3)21-13-17-12-16(9-10-18(17)20-5)15(4)19-11-7-2/h9-10,12,14-15,19H,6-8,11,13H2,1-5H3. The molecule has 1 aromatic carbocycles. The van der Waals surface area contributed by atoms with Gasteiger partial charge in [0.15, 0.2) is 0 Å². The van der Waals surface area contributed by atoms with Gasteiger partial charge in [0.25, 0.3) is 0 Å². The second-order valence-electron chi connectivity index (χ2n) is 5.66. The van der Waals surface area contributed by atoms with Crippen LogP contribution in [0.25, 0.3) is 0 Å². The predicted molar refractivity (Wildman–Crippen MR) is 88.9 cm³/mol. The van der Waals surface area contributed by atoms with Crippen molar-refractivity contribution in [3.05, 3.63) is 29.3 Å². The van der Waals surface area contributed by atoms with Gasteiger partial charge in [-0.25, -0.2) is 0 Å². The molecule has 0 aliphatic carbocycles. The molecule has 3 heteroatoms. The Kier molecular flexibility index (Phi) is 8.40. The maximum atomic E-state index is 5.93. The lowest BCUT2D eigenvalue weighted by atomic mass is 10.0. The Morgan fingerprint density at radius 3 is 2.52 bits per heavy atom. The zero-order chi connectivity index (χ0) is 15.7. The maximum Gasteiger partial charge on any atom is 0.124 e. The van der Waals surface area contributed by atoms with Crippen LogP contribution in [0, 0.1) is 0 Å². The fourth-order valence-electron chi connectivity index (χ4n) is 2.38. The molecule has 0 radical (unpaired) electrons. The van der Waals surface area contributed by atoms with Gasteiger partial charge in [0.2, 0.25) is 0 Å². The van der Waals surface area contributed by atoms with Gasteiger partial charge in [0.05, 0.1) is 19.8 Å². The van der Waals surface area contributed by atoms with Crippen molar-refractivity contribution < 1.29 is 9.47 Å². The van der Waals surface area contributed by atoms with Crippen LogP contribution in [0.4, 0.5) is 0 Å². The van der Waals surface area contributed by atoms with Crippen molar-refractivity contribution in [3.63, 3.8) is 0 Å². The Bertz CT molecular complexity index is 406. The van der Waals surface area contributed by atoms with E-state index in [0.717, 1.165) is 37.1 Å². The molecule has 0 aliphatic rings. The molecule has 0 bridgehead atoms. The molecule has 2 unspecified atom stereocenters. The first-order valence-electron chi connectivity index (χ1n) is 8.14. The predicted octanol–water partition coefficient (Wildman–Crippen LogP) is 4.46. The SMILES string of the molecule is CCCNC(C)c1ccc(OC)c(COC(C)CCC)c1. The van der Waals surface area contributed by atoms with E-state index in [1.165, 1.54) is 5.56 Å². The molecular formula is C18H31NO2. The van der Waals surface area contributed by atoms with Gasteiger partial charge >= 0.3 is 0 Å². The molecule has 0 fully saturated rings. The monoisotopic (exact) mass is 293 g/mol. The largest absolute Gasteiger partial charge is 0.496 e. The molecule has 2 atom stereocenters. The summed E-state index contributed by atoms with van der Waals surface area (Å²) in [6, 6.07) is 6.72. The van der Waals surface area contributed by atoms with Crippen LogP contribution in [0.1, 0.15) is 64.1 Å². The molecule has 0 heterocycles. The third-order valence-electron chi connectivity index (χ3n) is 3.72. The van der Waals surface area contributed by atoms with Crippen molar-refractivity contribution in [2.24, 2.45) is 0 Å². The van der Waals surface area contributed by atoms with E-state index in [0.29, 0.717) is 18.8 Å². The minimum atomic E-state index is 0.291. The summed E-state index contributed by atoms with van der Waals surface area (Å²) in [4.78, 5) is 0. The van der Waals surface area contributed by atoms with Crippen molar-refractivity contribution in [3.8, 4) is 5.75 Å². The highest BCUT2D eigenvalue weighted by Crippen LogP contribution is 2.24. The Morgan fingerprint density at radius 1 is 1.14 bits per heavy atom. The number of methoxy groups -OCH3 is 1. The van der Waals surface area contributed by atoms with Gasteiger partial charge in [-0.1, -0.05) is 26.3 Å². The van der Waals surface area contributed by atoms with Gasteiger partial charge < -0.3 is 14.8 Å². The highest BCUT2D eigenvalue weighted by Gasteiger charge is 2.10. The molecule has 0 saturated carbocycles. The quantitative estimate of drug-likeness (QED) is 0.691. The third-order valence-corrected chi connectivity index (χ3v) is 3.72. The molecule has 3 nitrogen and oxygen atoms in total. The lowest BCUT2D eigenvalue weighted by Gasteiger charge is -2.18. The van der Waals surface area contributed by atoms with Crippen molar-refractivity contribution in [2.45, 2.75) is 65.7 Å². The van der Waals surface area contributed by atoms with Crippen molar-refractivity contribution >= 4 is 0 Å². The first kappa shape index (κ1) is 18.0. The fraction of sp³-hybridized carbons (Fsp3) is 0.667. The summed E-state index contributed by atoms with van der Waals surface area (Å²) < 4.78 is 11.4. The van der Waals surface area contributed by atoms with Gasteiger partial charge in [-0.3, -0.25) is 0 Å². The molecule has 0 saturated heterocycles. The summed E-state index contributed by atoms with van der Waals surface area (Å²) in [5, 5.41) is 3.52. The Hall–Kier alpha value is -1.06. The summed E-state index contributed by atoms with van der Waals surface area (Å²) in [7, 11) is 1.72. The van der Waals surface area contributed by atoms with Crippen LogP contribution in [0.2, 0.25) is 0 Å². The van der Waals surface area contributed by atoms with Crippen LogP contribution >= 0.6 is 0 Å². The van der Waals surface area contributed by atoms with E-state index in [1.807, 2.05) is 6.07 Å². The molecule has 0 spiro atoms. The van der Waals surface area contributed by atoms with E-state index in [9.17, 15) is 0 Å². The van der Waals surface area contributed by atoms with Crippen LogP contribution < -0.4 is 10.1 Å². The lowest BCUT2D eigenvalue weighted by Crippen LogP contribution is -2.19. The van der Waals surface area contributed by atoms with Crippen molar-refractivity contribution in [1.29, 1.82) is 0 Å². The highest BCUT2D eigenvalue weighted by atomic mass is 16.5. The van der Waals surface area contributed by atoms with Gasteiger partial charge in [-0.05, 0) is 50.9 Å². The van der Waals surface area contributed by atoms with E-state index in [-0.39, 0.29) is 0 Å². The Morgan fingerprint density at radius 2 is 1.90 bits per heavy atom.